The van der Waals surface area contributed by atoms with E-state index in [2.05, 4.69) is 26.0 Å². The fraction of sp³-hybridized carbons (Fsp3) is 0.842. The molecule has 0 rings (SSSR count). The zero-order chi connectivity index (χ0) is 15.8. The quantitative estimate of drug-likeness (QED) is 0.217. The van der Waals surface area contributed by atoms with Crippen molar-refractivity contribution < 1.29 is 9.53 Å². The van der Waals surface area contributed by atoms with E-state index in [4.69, 9.17) is 4.74 Å². The molecule has 0 heterocycles. The summed E-state index contributed by atoms with van der Waals surface area (Å²) in [7, 11) is 0. The Labute approximate surface area is 132 Å². The highest BCUT2D eigenvalue weighted by atomic mass is 16.5. The molecule has 0 spiro atoms. The van der Waals surface area contributed by atoms with Crippen molar-refractivity contribution >= 4 is 5.97 Å². The van der Waals surface area contributed by atoms with Crippen molar-refractivity contribution in [2.45, 2.75) is 104 Å². The molecule has 0 aromatic carbocycles. The molecule has 0 aliphatic heterocycles. The third-order valence-electron chi connectivity index (χ3n) is 3.75. The van der Waals surface area contributed by atoms with Crippen LogP contribution in [0.5, 0.6) is 0 Å². The van der Waals surface area contributed by atoms with Crippen LogP contribution in [0, 0.1) is 0 Å². The molecule has 0 bridgehead atoms. The Bertz CT molecular complexity index is 258. The van der Waals surface area contributed by atoms with E-state index in [0.717, 1.165) is 25.7 Å². The summed E-state index contributed by atoms with van der Waals surface area (Å²) >= 11 is 0. The maximum atomic E-state index is 11.1. The van der Waals surface area contributed by atoms with Gasteiger partial charge in [-0.3, -0.25) is 4.79 Å². The van der Waals surface area contributed by atoms with E-state index in [9.17, 15) is 4.79 Å². The highest BCUT2D eigenvalue weighted by molar-refractivity contribution is 5.66. The molecule has 2 heteroatoms. The first-order valence-corrected chi connectivity index (χ1v) is 9.02. The zero-order valence-corrected chi connectivity index (χ0v) is 14.5. The second-order valence-corrected chi connectivity index (χ2v) is 5.99. The zero-order valence-electron chi connectivity index (χ0n) is 14.5. The first-order chi connectivity index (χ1) is 10.2. The van der Waals surface area contributed by atoms with Crippen molar-refractivity contribution in [3.05, 3.63) is 12.2 Å². The van der Waals surface area contributed by atoms with Gasteiger partial charge in [-0.05, 0) is 25.7 Å². The standard InChI is InChI=1S/C19H36O2/c1-4-6-8-10-11-12-13-15-17-19(21-18(3)20)16-14-9-7-5-2/h13,15,19H,4-12,14,16-17H2,1-3H3/b15-13+. The molecule has 2 nitrogen and oxygen atoms in total. The molecule has 0 fully saturated rings. The van der Waals surface area contributed by atoms with E-state index in [-0.39, 0.29) is 12.1 Å². The molecule has 0 amide bonds. The summed E-state index contributed by atoms with van der Waals surface area (Å²) in [6, 6.07) is 0. The van der Waals surface area contributed by atoms with Gasteiger partial charge in [-0.1, -0.05) is 70.9 Å². The highest BCUT2D eigenvalue weighted by Crippen LogP contribution is 2.13. The molecular weight excluding hydrogens is 260 g/mol. The predicted molar refractivity (Wildman–Crippen MR) is 91.4 cm³/mol. The molecule has 21 heavy (non-hydrogen) atoms. The number of ether oxygens (including phenoxy) is 1. The lowest BCUT2D eigenvalue weighted by Crippen LogP contribution is -2.15. The highest BCUT2D eigenvalue weighted by Gasteiger charge is 2.09. The Morgan fingerprint density at radius 3 is 2.14 bits per heavy atom. The van der Waals surface area contributed by atoms with Gasteiger partial charge in [0.25, 0.3) is 0 Å². The Morgan fingerprint density at radius 2 is 1.52 bits per heavy atom. The van der Waals surface area contributed by atoms with E-state index in [1.807, 2.05) is 0 Å². The molecule has 0 aliphatic rings. The molecular formula is C19H36O2. The summed E-state index contributed by atoms with van der Waals surface area (Å²) in [5.74, 6) is -0.150. The lowest BCUT2D eigenvalue weighted by molar-refractivity contribution is -0.146. The number of hydrogen-bond acceptors (Lipinski definition) is 2. The normalized spacial score (nSPS) is 12.7. The van der Waals surface area contributed by atoms with Crippen molar-refractivity contribution in [2.75, 3.05) is 0 Å². The second-order valence-electron chi connectivity index (χ2n) is 5.99. The van der Waals surface area contributed by atoms with Crippen molar-refractivity contribution in [2.24, 2.45) is 0 Å². The summed E-state index contributed by atoms with van der Waals surface area (Å²) < 4.78 is 5.40. The molecule has 0 saturated heterocycles. The predicted octanol–water partition coefficient (Wildman–Crippen LogP) is 6.20. The fourth-order valence-electron chi connectivity index (χ4n) is 2.49. The van der Waals surface area contributed by atoms with Crippen LogP contribution < -0.4 is 0 Å². The van der Waals surface area contributed by atoms with E-state index in [0.29, 0.717) is 0 Å². The van der Waals surface area contributed by atoms with Crippen LogP contribution in [-0.2, 0) is 9.53 Å². The molecule has 0 aliphatic carbocycles. The molecule has 0 aromatic heterocycles. The number of allylic oxidation sites excluding steroid dienone is 1. The largest absolute Gasteiger partial charge is 0.462 e. The Hall–Kier alpha value is -0.790. The number of carbonyl (C=O) groups is 1. The third kappa shape index (κ3) is 15.4. The van der Waals surface area contributed by atoms with Crippen molar-refractivity contribution in [3.63, 3.8) is 0 Å². The van der Waals surface area contributed by atoms with Gasteiger partial charge in [0, 0.05) is 13.3 Å². The van der Waals surface area contributed by atoms with Crippen LogP contribution in [0.4, 0.5) is 0 Å². The van der Waals surface area contributed by atoms with Gasteiger partial charge >= 0.3 is 5.97 Å². The lowest BCUT2D eigenvalue weighted by atomic mass is 10.1. The number of esters is 1. The van der Waals surface area contributed by atoms with E-state index in [1.54, 1.807) is 0 Å². The van der Waals surface area contributed by atoms with Crippen LogP contribution in [0.15, 0.2) is 12.2 Å². The van der Waals surface area contributed by atoms with E-state index < -0.39 is 0 Å². The van der Waals surface area contributed by atoms with Gasteiger partial charge in [0.05, 0.1) is 0 Å². The number of carbonyl (C=O) groups excluding carboxylic acids is 1. The summed E-state index contributed by atoms with van der Waals surface area (Å²) in [6.45, 7) is 5.97. The SMILES string of the molecule is CCCCCCC/C=C/CC(CCCCCC)OC(C)=O. The summed E-state index contributed by atoms with van der Waals surface area (Å²) in [5, 5.41) is 0. The van der Waals surface area contributed by atoms with Crippen LogP contribution in [0.3, 0.4) is 0 Å². The van der Waals surface area contributed by atoms with Gasteiger partial charge in [-0.2, -0.15) is 0 Å². The first-order valence-electron chi connectivity index (χ1n) is 9.02. The molecule has 0 N–H and O–H groups in total. The number of rotatable bonds is 14. The molecule has 1 unspecified atom stereocenters. The maximum Gasteiger partial charge on any atom is 0.302 e. The monoisotopic (exact) mass is 296 g/mol. The van der Waals surface area contributed by atoms with Crippen LogP contribution in [0.2, 0.25) is 0 Å². The summed E-state index contributed by atoms with van der Waals surface area (Å²) in [5.41, 5.74) is 0. The van der Waals surface area contributed by atoms with E-state index in [1.165, 1.54) is 58.3 Å². The van der Waals surface area contributed by atoms with Crippen molar-refractivity contribution in [3.8, 4) is 0 Å². The number of hydrogen-bond donors (Lipinski definition) is 0. The van der Waals surface area contributed by atoms with E-state index >= 15 is 0 Å². The van der Waals surface area contributed by atoms with Crippen molar-refractivity contribution in [1.29, 1.82) is 0 Å². The minimum atomic E-state index is -0.150. The van der Waals surface area contributed by atoms with Gasteiger partial charge in [0.1, 0.15) is 6.10 Å². The first kappa shape index (κ1) is 20.2. The van der Waals surface area contributed by atoms with Gasteiger partial charge in [0.15, 0.2) is 0 Å². The molecule has 0 radical (unpaired) electrons. The minimum Gasteiger partial charge on any atom is -0.462 e. The van der Waals surface area contributed by atoms with Gasteiger partial charge in [-0.25, -0.2) is 0 Å². The van der Waals surface area contributed by atoms with Gasteiger partial charge in [0.2, 0.25) is 0 Å². The summed E-state index contributed by atoms with van der Waals surface area (Å²) in [4.78, 5) is 11.1. The third-order valence-corrected chi connectivity index (χ3v) is 3.75. The Morgan fingerprint density at radius 1 is 0.905 bits per heavy atom. The Balaban J connectivity index is 3.75. The van der Waals surface area contributed by atoms with Crippen LogP contribution in [-0.4, -0.2) is 12.1 Å². The van der Waals surface area contributed by atoms with Crippen LogP contribution >= 0.6 is 0 Å². The topological polar surface area (TPSA) is 26.3 Å². The lowest BCUT2D eigenvalue weighted by Gasteiger charge is -2.15. The molecule has 0 aromatic rings. The average Bonchev–Trinajstić information content (AvgIpc) is 2.45. The fourth-order valence-corrected chi connectivity index (χ4v) is 2.49. The number of unbranched alkanes of at least 4 members (excludes halogenated alkanes) is 8. The van der Waals surface area contributed by atoms with Crippen LogP contribution in [0.25, 0.3) is 0 Å². The van der Waals surface area contributed by atoms with Gasteiger partial charge < -0.3 is 4.74 Å². The smallest absolute Gasteiger partial charge is 0.302 e. The molecule has 0 saturated carbocycles. The van der Waals surface area contributed by atoms with Crippen molar-refractivity contribution in [1.82, 2.24) is 0 Å². The minimum absolute atomic E-state index is 0.0793. The molecule has 1 atom stereocenters. The Kier molecular flexibility index (Phi) is 15.0. The molecule has 124 valence electrons. The maximum absolute atomic E-state index is 11.1. The average molecular weight is 296 g/mol. The van der Waals surface area contributed by atoms with Crippen LogP contribution in [0.1, 0.15) is 97.8 Å². The second kappa shape index (κ2) is 15.6. The van der Waals surface area contributed by atoms with Gasteiger partial charge in [-0.15, -0.1) is 0 Å². The summed E-state index contributed by atoms with van der Waals surface area (Å²) in [6.07, 6.45) is 19.1.